The molecule has 0 aliphatic heterocycles. The minimum atomic E-state index is -0.546. The summed E-state index contributed by atoms with van der Waals surface area (Å²) in [6.07, 6.45) is 1.84. The van der Waals surface area contributed by atoms with Gasteiger partial charge in [-0.1, -0.05) is 6.07 Å². The van der Waals surface area contributed by atoms with E-state index in [0.717, 1.165) is 12.6 Å². The number of anilines is 1. The molecule has 4 nitrogen and oxygen atoms in total. The van der Waals surface area contributed by atoms with Crippen molar-refractivity contribution >= 4 is 17.3 Å². The van der Waals surface area contributed by atoms with E-state index >= 15 is 0 Å². The fraction of sp³-hybridized carbons (Fsp3) is 0.273. The van der Waals surface area contributed by atoms with Crippen molar-refractivity contribution in [3.05, 3.63) is 34.4 Å². The molecular weight excluding hydrogens is 241 g/mol. The highest BCUT2D eigenvalue weighted by Gasteiger charge is 2.07. The molecule has 0 aromatic carbocycles. The average molecular weight is 253 g/mol. The molecule has 0 saturated heterocycles. The van der Waals surface area contributed by atoms with Crippen molar-refractivity contribution in [3.63, 3.8) is 0 Å². The van der Waals surface area contributed by atoms with Gasteiger partial charge in [0.2, 0.25) is 11.8 Å². The van der Waals surface area contributed by atoms with Crippen LogP contribution in [0.4, 0.5) is 10.3 Å². The number of rotatable bonds is 5. The van der Waals surface area contributed by atoms with Gasteiger partial charge in [0.05, 0.1) is 12.8 Å². The summed E-state index contributed by atoms with van der Waals surface area (Å²) >= 11 is 1.65. The number of thiophene rings is 1. The summed E-state index contributed by atoms with van der Waals surface area (Å²) in [6.45, 7) is 0.400. The molecule has 0 fully saturated rings. The topological polar surface area (TPSA) is 47.0 Å². The summed E-state index contributed by atoms with van der Waals surface area (Å²) < 4.78 is 18.6. The van der Waals surface area contributed by atoms with Crippen molar-refractivity contribution in [1.29, 1.82) is 0 Å². The SMILES string of the molecule is CNc1ncc(F)c(OCCc2cccs2)n1. The Morgan fingerprint density at radius 3 is 3.12 bits per heavy atom. The minimum Gasteiger partial charge on any atom is -0.475 e. The van der Waals surface area contributed by atoms with E-state index in [1.807, 2.05) is 17.5 Å². The lowest BCUT2D eigenvalue weighted by Gasteiger charge is -2.06. The van der Waals surface area contributed by atoms with Crippen LogP contribution in [0.25, 0.3) is 0 Å². The number of hydrogen-bond donors (Lipinski definition) is 1. The molecule has 0 saturated carbocycles. The fourth-order valence-electron chi connectivity index (χ4n) is 1.28. The van der Waals surface area contributed by atoms with Crippen molar-refractivity contribution in [1.82, 2.24) is 9.97 Å². The summed E-state index contributed by atoms with van der Waals surface area (Å²) in [4.78, 5) is 8.84. The van der Waals surface area contributed by atoms with Crippen LogP contribution in [0.1, 0.15) is 4.88 Å². The molecule has 0 unspecified atom stereocenters. The van der Waals surface area contributed by atoms with Crippen LogP contribution in [0.3, 0.4) is 0 Å². The monoisotopic (exact) mass is 253 g/mol. The fourth-order valence-corrected chi connectivity index (χ4v) is 1.97. The highest BCUT2D eigenvalue weighted by Crippen LogP contribution is 2.15. The molecule has 0 aliphatic carbocycles. The lowest BCUT2D eigenvalue weighted by molar-refractivity contribution is 0.292. The van der Waals surface area contributed by atoms with Gasteiger partial charge in [-0.25, -0.2) is 4.98 Å². The number of hydrogen-bond acceptors (Lipinski definition) is 5. The number of ether oxygens (including phenoxy) is 1. The number of halogens is 1. The first kappa shape index (κ1) is 11.8. The van der Waals surface area contributed by atoms with Gasteiger partial charge in [-0.2, -0.15) is 9.37 Å². The predicted octanol–water partition coefficient (Wildman–Crippen LogP) is 2.34. The summed E-state index contributed by atoms with van der Waals surface area (Å²) in [5.74, 6) is -0.214. The Kier molecular flexibility index (Phi) is 3.87. The molecule has 1 N–H and O–H groups in total. The molecule has 0 bridgehead atoms. The van der Waals surface area contributed by atoms with Crippen molar-refractivity contribution in [3.8, 4) is 5.88 Å². The van der Waals surface area contributed by atoms with Gasteiger partial charge in [-0.05, 0) is 11.4 Å². The van der Waals surface area contributed by atoms with E-state index in [1.54, 1.807) is 18.4 Å². The Labute approximate surface area is 102 Å². The van der Waals surface area contributed by atoms with Crippen LogP contribution in [0.2, 0.25) is 0 Å². The predicted molar refractivity (Wildman–Crippen MR) is 65.1 cm³/mol. The number of aromatic nitrogens is 2. The van der Waals surface area contributed by atoms with Gasteiger partial charge in [0.1, 0.15) is 0 Å². The molecular formula is C11H12FN3OS. The van der Waals surface area contributed by atoms with Gasteiger partial charge in [-0.15, -0.1) is 11.3 Å². The normalized spacial score (nSPS) is 10.2. The Morgan fingerprint density at radius 1 is 1.53 bits per heavy atom. The first-order valence-electron chi connectivity index (χ1n) is 5.15. The van der Waals surface area contributed by atoms with Crippen LogP contribution in [0.15, 0.2) is 23.7 Å². The molecule has 0 amide bonds. The van der Waals surface area contributed by atoms with Crippen LogP contribution in [0.5, 0.6) is 5.88 Å². The van der Waals surface area contributed by atoms with Crippen molar-refractivity contribution in [2.24, 2.45) is 0 Å². The maximum absolute atomic E-state index is 13.3. The Hall–Kier alpha value is -1.69. The molecule has 0 spiro atoms. The highest BCUT2D eigenvalue weighted by atomic mass is 32.1. The molecule has 2 aromatic rings. The molecule has 0 atom stereocenters. The molecule has 17 heavy (non-hydrogen) atoms. The average Bonchev–Trinajstić information content (AvgIpc) is 2.84. The van der Waals surface area contributed by atoms with Crippen LogP contribution >= 0.6 is 11.3 Å². The second-order valence-corrected chi connectivity index (χ2v) is 4.31. The maximum atomic E-state index is 13.3. The van der Waals surface area contributed by atoms with Gasteiger partial charge < -0.3 is 10.1 Å². The van der Waals surface area contributed by atoms with Crippen molar-refractivity contribution in [2.45, 2.75) is 6.42 Å². The van der Waals surface area contributed by atoms with Gasteiger partial charge in [-0.3, -0.25) is 0 Å². The lowest BCUT2D eigenvalue weighted by atomic mass is 10.4. The highest BCUT2D eigenvalue weighted by molar-refractivity contribution is 7.09. The van der Waals surface area contributed by atoms with E-state index in [0.29, 0.717) is 12.6 Å². The standard InChI is InChI=1S/C11H12FN3OS/c1-13-11-14-7-9(12)10(15-11)16-5-4-8-3-2-6-17-8/h2-3,6-7H,4-5H2,1H3,(H,13,14,15). The molecule has 2 aromatic heterocycles. The summed E-state index contributed by atoms with van der Waals surface area (Å²) in [5.41, 5.74) is 0. The zero-order valence-corrected chi connectivity index (χ0v) is 10.1. The quantitative estimate of drug-likeness (QED) is 0.888. The third kappa shape index (κ3) is 3.13. The first-order valence-corrected chi connectivity index (χ1v) is 6.03. The largest absolute Gasteiger partial charge is 0.475 e. The minimum absolute atomic E-state index is 0.0130. The Bertz CT molecular complexity index is 476. The molecule has 2 heterocycles. The molecule has 2 rings (SSSR count). The second-order valence-electron chi connectivity index (χ2n) is 3.27. The first-order chi connectivity index (χ1) is 8.29. The van der Waals surface area contributed by atoms with E-state index < -0.39 is 5.82 Å². The van der Waals surface area contributed by atoms with Crippen LogP contribution in [0, 0.1) is 5.82 Å². The molecule has 0 radical (unpaired) electrons. The molecule has 90 valence electrons. The smallest absolute Gasteiger partial charge is 0.255 e. The third-order valence-corrected chi connectivity index (χ3v) is 3.04. The van der Waals surface area contributed by atoms with E-state index in [4.69, 9.17) is 4.74 Å². The van der Waals surface area contributed by atoms with Gasteiger partial charge in [0.25, 0.3) is 5.88 Å². The third-order valence-electron chi connectivity index (χ3n) is 2.10. The van der Waals surface area contributed by atoms with Gasteiger partial charge in [0, 0.05) is 18.3 Å². The molecule has 0 aliphatic rings. The van der Waals surface area contributed by atoms with Gasteiger partial charge in [0.15, 0.2) is 0 Å². The lowest BCUT2D eigenvalue weighted by Crippen LogP contribution is -2.06. The van der Waals surface area contributed by atoms with E-state index in [9.17, 15) is 4.39 Å². The molecule has 6 heteroatoms. The number of nitrogens with zero attached hydrogens (tertiary/aromatic N) is 2. The van der Waals surface area contributed by atoms with E-state index in [2.05, 4.69) is 15.3 Å². The van der Waals surface area contributed by atoms with Crippen molar-refractivity contribution < 1.29 is 9.13 Å². The Balaban J connectivity index is 1.94. The van der Waals surface area contributed by atoms with E-state index in [1.165, 1.54) is 4.88 Å². The van der Waals surface area contributed by atoms with E-state index in [-0.39, 0.29) is 5.88 Å². The maximum Gasteiger partial charge on any atom is 0.255 e. The van der Waals surface area contributed by atoms with Crippen LogP contribution in [-0.4, -0.2) is 23.6 Å². The zero-order valence-electron chi connectivity index (χ0n) is 9.31. The summed E-state index contributed by atoms with van der Waals surface area (Å²) in [6, 6.07) is 3.99. The number of nitrogens with one attached hydrogen (secondary N) is 1. The summed E-state index contributed by atoms with van der Waals surface area (Å²) in [7, 11) is 1.67. The van der Waals surface area contributed by atoms with Crippen molar-refractivity contribution in [2.75, 3.05) is 19.0 Å². The Morgan fingerprint density at radius 2 is 2.41 bits per heavy atom. The van der Waals surface area contributed by atoms with Crippen LogP contribution in [-0.2, 0) is 6.42 Å². The van der Waals surface area contributed by atoms with Gasteiger partial charge >= 0.3 is 0 Å². The van der Waals surface area contributed by atoms with Crippen LogP contribution < -0.4 is 10.1 Å². The summed E-state index contributed by atoms with van der Waals surface area (Å²) in [5, 5.41) is 4.73. The second kappa shape index (κ2) is 5.58. The zero-order chi connectivity index (χ0) is 12.1.